The summed E-state index contributed by atoms with van der Waals surface area (Å²) < 4.78 is 7.26. The van der Waals surface area contributed by atoms with Crippen LogP contribution in [0.5, 0.6) is 0 Å². The Balaban J connectivity index is 2.27. The van der Waals surface area contributed by atoms with Gasteiger partial charge in [-0.3, -0.25) is 0 Å². The van der Waals surface area contributed by atoms with Gasteiger partial charge in [-0.05, 0) is 19.0 Å². The van der Waals surface area contributed by atoms with E-state index in [0.29, 0.717) is 12.4 Å². The highest BCUT2D eigenvalue weighted by atomic mass is 28.3. The summed E-state index contributed by atoms with van der Waals surface area (Å²) in [7, 11) is -1.00. The number of aliphatic hydroxyl groups excluding tert-OH is 1. The van der Waals surface area contributed by atoms with Gasteiger partial charge in [-0.1, -0.05) is 19.6 Å². The van der Waals surface area contributed by atoms with E-state index >= 15 is 0 Å². The summed E-state index contributed by atoms with van der Waals surface area (Å²) in [6.07, 6.45) is 1.32. The Morgan fingerprint density at radius 2 is 2.19 bits per heavy atom. The highest BCUT2D eigenvalue weighted by Crippen LogP contribution is 2.09. The van der Waals surface area contributed by atoms with Crippen molar-refractivity contribution >= 4 is 8.07 Å². The van der Waals surface area contributed by atoms with Crippen LogP contribution in [0.3, 0.4) is 0 Å². The topological polar surface area (TPSA) is 47.3 Å². The number of ether oxygens (including phenoxy) is 1. The van der Waals surface area contributed by atoms with Crippen LogP contribution < -0.4 is 0 Å². The van der Waals surface area contributed by atoms with Crippen LogP contribution >= 0.6 is 0 Å². The smallest absolute Gasteiger partial charge is 0.139 e. The zero-order chi connectivity index (χ0) is 12.2. The van der Waals surface area contributed by atoms with Crippen LogP contribution in [0.25, 0.3) is 0 Å². The standard InChI is InChI=1S/C11H22N2O2Si/c1-10(14)11-5-6-13(12-11)9-15-7-8-16(2,3)4/h5-6,10,14H,7-9H2,1-4H3. The minimum absolute atomic E-state index is 0.469. The van der Waals surface area contributed by atoms with E-state index < -0.39 is 14.2 Å². The van der Waals surface area contributed by atoms with Gasteiger partial charge in [0, 0.05) is 20.9 Å². The van der Waals surface area contributed by atoms with Crippen molar-refractivity contribution < 1.29 is 9.84 Å². The van der Waals surface area contributed by atoms with Crippen LogP contribution in [-0.4, -0.2) is 29.6 Å². The van der Waals surface area contributed by atoms with Crippen molar-refractivity contribution in [2.24, 2.45) is 0 Å². The zero-order valence-electron chi connectivity index (χ0n) is 10.6. The molecule has 1 N–H and O–H groups in total. The van der Waals surface area contributed by atoms with Gasteiger partial charge < -0.3 is 9.84 Å². The summed E-state index contributed by atoms with van der Waals surface area (Å²) >= 11 is 0. The van der Waals surface area contributed by atoms with Crippen molar-refractivity contribution in [1.82, 2.24) is 9.78 Å². The zero-order valence-corrected chi connectivity index (χ0v) is 11.6. The Hall–Kier alpha value is -0.653. The van der Waals surface area contributed by atoms with Crippen molar-refractivity contribution in [3.05, 3.63) is 18.0 Å². The maximum Gasteiger partial charge on any atom is 0.139 e. The van der Waals surface area contributed by atoms with Gasteiger partial charge in [-0.25, -0.2) is 4.68 Å². The molecule has 16 heavy (non-hydrogen) atoms. The van der Waals surface area contributed by atoms with Gasteiger partial charge in [-0.2, -0.15) is 5.10 Å². The molecule has 4 nitrogen and oxygen atoms in total. The molecule has 0 aliphatic carbocycles. The number of aromatic nitrogens is 2. The largest absolute Gasteiger partial charge is 0.387 e. The molecule has 0 aliphatic rings. The third-order valence-electron chi connectivity index (χ3n) is 2.31. The van der Waals surface area contributed by atoms with Crippen LogP contribution in [-0.2, 0) is 11.5 Å². The fraction of sp³-hybridized carbons (Fsp3) is 0.727. The lowest BCUT2D eigenvalue weighted by Gasteiger charge is -2.15. The van der Waals surface area contributed by atoms with Gasteiger partial charge in [0.2, 0.25) is 0 Å². The van der Waals surface area contributed by atoms with Gasteiger partial charge in [0.1, 0.15) is 6.73 Å². The molecule has 1 aromatic heterocycles. The summed E-state index contributed by atoms with van der Waals surface area (Å²) in [5.41, 5.74) is 0.689. The lowest BCUT2D eigenvalue weighted by molar-refractivity contribution is 0.0772. The second kappa shape index (κ2) is 5.61. The predicted octanol–water partition coefficient (Wildman–Crippen LogP) is 2.25. The summed E-state index contributed by atoms with van der Waals surface area (Å²) in [6, 6.07) is 2.98. The third-order valence-corrected chi connectivity index (χ3v) is 4.01. The second-order valence-corrected chi connectivity index (χ2v) is 10.9. The molecule has 1 unspecified atom stereocenters. The molecule has 0 saturated carbocycles. The van der Waals surface area contributed by atoms with Crippen molar-refractivity contribution in [1.29, 1.82) is 0 Å². The molecule has 0 radical (unpaired) electrons. The summed E-state index contributed by atoms with van der Waals surface area (Å²) in [5, 5.41) is 13.5. The van der Waals surface area contributed by atoms with Crippen LogP contribution in [0.4, 0.5) is 0 Å². The Kier molecular flexibility index (Phi) is 4.70. The van der Waals surface area contributed by atoms with Crippen LogP contribution in [0.15, 0.2) is 12.3 Å². The Morgan fingerprint density at radius 3 is 2.69 bits per heavy atom. The van der Waals surface area contributed by atoms with Crippen LogP contribution in [0.1, 0.15) is 18.7 Å². The van der Waals surface area contributed by atoms with E-state index in [1.54, 1.807) is 11.6 Å². The Morgan fingerprint density at radius 1 is 1.50 bits per heavy atom. The fourth-order valence-corrected chi connectivity index (χ4v) is 1.97. The first-order chi connectivity index (χ1) is 7.38. The molecule has 1 atom stereocenters. The molecular formula is C11H22N2O2Si. The fourth-order valence-electron chi connectivity index (χ4n) is 1.21. The Labute approximate surface area is 98.2 Å². The molecule has 0 aromatic carbocycles. The van der Waals surface area contributed by atoms with E-state index in [2.05, 4.69) is 24.7 Å². The van der Waals surface area contributed by atoms with Gasteiger partial charge in [0.25, 0.3) is 0 Å². The van der Waals surface area contributed by atoms with Crippen molar-refractivity contribution in [2.75, 3.05) is 6.61 Å². The van der Waals surface area contributed by atoms with Crippen molar-refractivity contribution in [3.8, 4) is 0 Å². The van der Waals surface area contributed by atoms with Gasteiger partial charge in [-0.15, -0.1) is 0 Å². The maximum absolute atomic E-state index is 9.30. The van der Waals surface area contributed by atoms with Crippen LogP contribution in [0, 0.1) is 0 Å². The number of nitrogens with zero attached hydrogens (tertiary/aromatic N) is 2. The first-order valence-corrected chi connectivity index (χ1v) is 9.38. The quantitative estimate of drug-likeness (QED) is 0.615. The molecule has 1 rings (SSSR count). The molecule has 0 fully saturated rings. The molecule has 92 valence electrons. The van der Waals surface area contributed by atoms with E-state index in [1.165, 1.54) is 0 Å². The normalized spacial score (nSPS) is 14.1. The minimum atomic E-state index is -1.00. The van der Waals surface area contributed by atoms with Crippen molar-refractivity contribution in [3.63, 3.8) is 0 Å². The van der Waals surface area contributed by atoms with Gasteiger partial charge >= 0.3 is 0 Å². The minimum Gasteiger partial charge on any atom is -0.387 e. The number of aliphatic hydroxyl groups is 1. The SMILES string of the molecule is CC(O)c1ccn(COCC[Si](C)(C)C)n1. The first kappa shape index (κ1) is 13.4. The van der Waals surface area contributed by atoms with Gasteiger partial charge in [0.05, 0.1) is 11.8 Å². The first-order valence-electron chi connectivity index (χ1n) is 5.68. The van der Waals surface area contributed by atoms with Gasteiger partial charge in [0.15, 0.2) is 0 Å². The molecule has 1 aromatic rings. The summed E-state index contributed by atoms with van der Waals surface area (Å²) in [5.74, 6) is 0. The van der Waals surface area contributed by atoms with Crippen molar-refractivity contribution in [2.45, 2.75) is 45.4 Å². The highest BCUT2D eigenvalue weighted by molar-refractivity contribution is 6.76. The van der Waals surface area contributed by atoms with E-state index in [9.17, 15) is 5.11 Å². The third kappa shape index (κ3) is 4.91. The van der Waals surface area contributed by atoms with Crippen LogP contribution in [0.2, 0.25) is 25.7 Å². The molecular weight excluding hydrogens is 220 g/mol. The molecule has 0 saturated heterocycles. The number of rotatable bonds is 6. The average Bonchev–Trinajstić information content (AvgIpc) is 2.59. The average molecular weight is 242 g/mol. The lowest BCUT2D eigenvalue weighted by atomic mass is 10.3. The van der Waals surface area contributed by atoms with E-state index in [0.717, 1.165) is 12.7 Å². The predicted molar refractivity (Wildman–Crippen MR) is 67.0 cm³/mol. The molecule has 0 amide bonds. The number of hydrogen-bond acceptors (Lipinski definition) is 3. The Bertz CT molecular complexity index is 318. The highest BCUT2D eigenvalue weighted by Gasteiger charge is 2.12. The second-order valence-electron chi connectivity index (χ2n) is 5.30. The monoisotopic (exact) mass is 242 g/mol. The van der Waals surface area contributed by atoms with E-state index in [-0.39, 0.29) is 0 Å². The number of hydrogen-bond donors (Lipinski definition) is 1. The van der Waals surface area contributed by atoms with E-state index in [4.69, 9.17) is 4.74 Å². The molecule has 1 heterocycles. The maximum atomic E-state index is 9.30. The molecule has 5 heteroatoms. The van der Waals surface area contributed by atoms with E-state index in [1.807, 2.05) is 12.3 Å². The molecule has 0 aliphatic heterocycles. The molecule has 0 bridgehead atoms. The summed E-state index contributed by atoms with van der Waals surface area (Å²) in [6.45, 7) is 9.96. The summed E-state index contributed by atoms with van der Waals surface area (Å²) in [4.78, 5) is 0. The molecule has 0 spiro atoms. The lowest BCUT2D eigenvalue weighted by Crippen LogP contribution is -2.22.